The number of nitrogens with zero attached hydrogens (tertiary/aromatic N) is 1. The highest BCUT2D eigenvalue weighted by atomic mass is 15.4. The molecule has 2 N–H and O–H groups in total. The molecule has 0 radical (unpaired) electrons. The fraction of sp³-hybridized carbons (Fsp3) is 0.364. The van der Waals surface area contributed by atoms with Crippen molar-refractivity contribution < 1.29 is 0 Å². The Labute approximate surface area is 83.7 Å². The average Bonchev–Trinajstić information content (AvgIpc) is 2.67. The van der Waals surface area contributed by atoms with Gasteiger partial charge in [-0.25, -0.2) is 5.43 Å². The van der Waals surface area contributed by atoms with E-state index in [2.05, 4.69) is 48.1 Å². The molecule has 1 aliphatic heterocycles. The van der Waals surface area contributed by atoms with Crippen LogP contribution in [0.25, 0.3) is 0 Å². The van der Waals surface area contributed by atoms with Crippen LogP contribution in [0.15, 0.2) is 24.3 Å². The quantitative estimate of drug-likeness (QED) is 0.696. The van der Waals surface area contributed by atoms with Crippen LogP contribution in [0.2, 0.25) is 0 Å². The molecule has 1 aromatic rings. The van der Waals surface area contributed by atoms with Gasteiger partial charge in [0, 0.05) is 6.54 Å². The number of hydrogen-bond donors (Lipinski definition) is 2. The van der Waals surface area contributed by atoms with Gasteiger partial charge in [0.1, 0.15) is 0 Å². The third-order valence-corrected chi connectivity index (χ3v) is 2.58. The second-order valence-electron chi connectivity index (χ2n) is 3.65. The highest BCUT2D eigenvalue weighted by Gasteiger charge is 2.27. The lowest BCUT2D eigenvalue weighted by atomic mass is 9.96. The Bertz CT molecular complexity index is 350. The van der Waals surface area contributed by atoms with Crippen LogP contribution in [0.4, 0.5) is 0 Å². The van der Waals surface area contributed by atoms with Crippen LogP contribution in [0.5, 0.6) is 0 Å². The molecule has 0 saturated carbocycles. The van der Waals surface area contributed by atoms with E-state index in [1.165, 1.54) is 11.1 Å². The smallest absolute Gasteiger partial charge is 0.0809 e. The maximum Gasteiger partial charge on any atom is 0.0809 e. The first-order chi connectivity index (χ1) is 6.81. The van der Waals surface area contributed by atoms with Gasteiger partial charge in [-0.2, -0.15) is 5.26 Å². The summed E-state index contributed by atoms with van der Waals surface area (Å²) in [7, 11) is 0. The van der Waals surface area contributed by atoms with Crippen molar-refractivity contribution in [1.82, 2.24) is 10.9 Å². The van der Waals surface area contributed by atoms with Crippen LogP contribution in [0.1, 0.15) is 17.2 Å². The highest BCUT2D eigenvalue weighted by Crippen LogP contribution is 2.24. The summed E-state index contributed by atoms with van der Waals surface area (Å²) in [6.07, 6.45) is 0. The molecular weight excluding hydrogens is 174 g/mol. The highest BCUT2D eigenvalue weighted by molar-refractivity contribution is 5.26. The zero-order chi connectivity index (χ0) is 9.97. The van der Waals surface area contributed by atoms with Crippen LogP contribution in [-0.2, 0) is 0 Å². The van der Waals surface area contributed by atoms with Gasteiger partial charge in [-0.1, -0.05) is 29.8 Å². The number of benzene rings is 1. The molecule has 0 aliphatic carbocycles. The minimum Gasteiger partial charge on any atom is -0.256 e. The minimum absolute atomic E-state index is 0.0257. The molecule has 0 amide bonds. The lowest BCUT2D eigenvalue weighted by molar-refractivity contribution is 0.545. The van der Waals surface area contributed by atoms with E-state index in [0.29, 0.717) is 0 Å². The number of hydrogen-bond acceptors (Lipinski definition) is 3. The molecule has 2 unspecified atom stereocenters. The van der Waals surface area contributed by atoms with E-state index in [1.807, 2.05) is 0 Å². The molecule has 0 aromatic heterocycles. The summed E-state index contributed by atoms with van der Waals surface area (Å²) in [6.45, 7) is 2.78. The number of rotatable bonds is 1. The zero-order valence-electron chi connectivity index (χ0n) is 8.12. The van der Waals surface area contributed by atoms with E-state index < -0.39 is 0 Å². The lowest BCUT2D eigenvalue weighted by Crippen LogP contribution is -2.24. The maximum atomic E-state index is 8.92. The molecule has 2 atom stereocenters. The van der Waals surface area contributed by atoms with E-state index in [4.69, 9.17) is 5.26 Å². The van der Waals surface area contributed by atoms with Gasteiger partial charge < -0.3 is 0 Å². The van der Waals surface area contributed by atoms with Crippen molar-refractivity contribution in [3.63, 3.8) is 0 Å². The summed E-state index contributed by atoms with van der Waals surface area (Å²) >= 11 is 0. The number of hydrazine groups is 1. The molecule has 72 valence electrons. The normalized spacial score (nSPS) is 26.0. The first-order valence-electron chi connectivity index (χ1n) is 4.76. The van der Waals surface area contributed by atoms with Gasteiger partial charge in [0.2, 0.25) is 0 Å². The molecule has 0 spiro atoms. The second-order valence-corrected chi connectivity index (χ2v) is 3.65. The molecule has 1 heterocycles. The molecule has 1 aliphatic rings. The Kier molecular flexibility index (Phi) is 2.49. The van der Waals surface area contributed by atoms with E-state index in [1.54, 1.807) is 0 Å². The van der Waals surface area contributed by atoms with Crippen LogP contribution in [0.3, 0.4) is 0 Å². The Morgan fingerprint density at radius 2 is 2.07 bits per heavy atom. The van der Waals surface area contributed by atoms with Crippen molar-refractivity contribution >= 4 is 0 Å². The van der Waals surface area contributed by atoms with Crippen LogP contribution in [0, 0.1) is 24.2 Å². The Morgan fingerprint density at radius 1 is 1.36 bits per heavy atom. The Balaban J connectivity index is 2.23. The van der Waals surface area contributed by atoms with Crippen molar-refractivity contribution in [2.24, 2.45) is 5.92 Å². The molecular formula is C11H13N3. The maximum absolute atomic E-state index is 8.92. The molecule has 3 heteroatoms. The van der Waals surface area contributed by atoms with Gasteiger partial charge >= 0.3 is 0 Å². The molecule has 14 heavy (non-hydrogen) atoms. The summed E-state index contributed by atoms with van der Waals surface area (Å²) < 4.78 is 0. The standard InChI is InChI=1S/C11H13N3/c1-8-2-4-9(5-3-8)11-10(6-12)7-13-14-11/h2-5,10-11,13-14H,7H2,1H3. The lowest BCUT2D eigenvalue weighted by Gasteiger charge is -2.12. The third-order valence-electron chi connectivity index (χ3n) is 2.58. The summed E-state index contributed by atoms with van der Waals surface area (Å²) in [5.74, 6) is 0.0257. The van der Waals surface area contributed by atoms with E-state index in [9.17, 15) is 0 Å². The number of nitriles is 1. The Hall–Kier alpha value is -1.37. The second kappa shape index (κ2) is 3.79. The fourth-order valence-electron chi connectivity index (χ4n) is 1.71. The van der Waals surface area contributed by atoms with Gasteiger partial charge in [-0.3, -0.25) is 5.43 Å². The van der Waals surface area contributed by atoms with Crippen LogP contribution in [-0.4, -0.2) is 6.54 Å². The molecule has 3 nitrogen and oxygen atoms in total. The van der Waals surface area contributed by atoms with Crippen LogP contribution < -0.4 is 10.9 Å². The first-order valence-corrected chi connectivity index (χ1v) is 4.76. The van der Waals surface area contributed by atoms with Gasteiger partial charge in [0.05, 0.1) is 18.0 Å². The third kappa shape index (κ3) is 1.63. The largest absolute Gasteiger partial charge is 0.256 e. The van der Waals surface area contributed by atoms with Crippen molar-refractivity contribution in [3.8, 4) is 6.07 Å². The van der Waals surface area contributed by atoms with Crippen LogP contribution >= 0.6 is 0 Å². The van der Waals surface area contributed by atoms with Gasteiger partial charge in [-0.05, 0) is 12.5 Å². The molecule has 0 bridgehead atoms. The predicted molar refractivity (Wildman–Crippen MR) is 54.2 cm³/mol. The predicted octanol–water partition coefficient (Wildman–Crippen LogP) is 1.28. The number of aryl methyl sites for hydroxylation is 1. The van der Waals surface area contributed by atoms with Crippen molar-refractivity contribution in [2.75, 3.05) is 6.54 Å². The summed E-state index contributed by atoms with van der Waals surface area (Å²) in [5, 5.41) is 8.92. The monoisotopic (exact) mass is 187 g/mol. The molecule has 2 rings (SSSR count). The zero-order valence-corrected chi connectivity index (χ0v) is 8.12. The number of nitrogens with one attached hydrogen (secondary N) is 2. The SMILES string of the molecule is Cc1ccc(C2NNCC2C#N)cc1. The summed E-state index contributed by atoms with van der Waals surface area (Å²) in [6, 6.07) is 10.7. The first kappa shape index (κ1) is 9.20. The van der Waals surface area contributed by atoms with Gasteiger partial charge in [0.15, 0.2) is 0 Å². The average molecular weight is 187 g/mol. The van der Waals surface area contributed by atoms with Crippen molar-refractivity contribution in [2.45, 2.75) is 13.0 Å². The fourth-order valence-corrected chi connectivity index (χ4v) is 1.71. The molecule has 1 saturated heterocycles. The van der Waals surface area contributed by atoms with E-state index in [-0.39, 0.29) is 12.0 Å². The van der Waals surface area contributed by atoms with Gasteiger partial charge in [0.25, 0.3) is 0 Å². The van der Waals surface area contributed by atoms with E-state index >= 15 is 0 Å². The van der Waals surface area contributed by atoms with Gasteiger partial charge in [-0.15, -0.1) is 0 Å². The summed E-state index contributed by atoms with van der Waals surface area (Å²) in [5.41, 5.74) is 8.55. The van der Waals surface area contributed by atoms with Crippen molar-refractivity contribution in [1.29, 1.82) is 5.26 Å². The Morgan fingerprint density at radius 3 is 2.71 bits per heavy atom. The molecule has 1 aromatic carbocycles. The van der Waals surface area contributed by atoms with E-state index in [0.717, 1.165) is 6.54 Å². The topological polar surface area (TPSA) is 47.8 Å². The van der Waals surface area contributed by atoms with Crippen molar-refractivity contribution in [3.05, 3.63) is 35.4 Å². The molecule has 1 fully saturated rings. The summed E-state index contributed by atoms with van der Waals surface area (Å²) in [4.78, 5) is 0. The minimum atomic E-state index is 0.0257.